The fourth-order valence-corrected chi connectivity index (χ4v) is 3.22. The van der Waals surface area contributed by atoms with Crippen molar-refractivity contribution >= 4 is 29.4 Å². The number of benzene rings is 1. The van der Waals surface area contributed by atoms with Crippen molar-refractivity contribution in [1.29, 1.82) is 5.41 Å². The Balaban J connectivity index is 2.25. The number of anilines is 1. The van der Waals surface area contributed by atoms with Gasteiger partial charge in [-0.15, -0.1) is 0 Å². The lowest BCUT2D eigenvalue weighted by Crippen LogP contribution is -2.46. The fourth-order valence-electron chi connectivity index (χ4n) is 3.22. The van der Waals surface area contributed by atoms with Gasteiger partial charge in [-0.3, -0.25) is 19.8 Å². The number of ether oxygens (including phenoxy) is 1. The minimum Gasteiger partial charge on any atom is -0.405 e. The van der Waals surface area contributed by atoms with Crippen LogP contribution >= 0.6 is 0 Å². The smallest absolute Gasteiger partial charge is 0.317 e. The molecule has 1 heterocycles. The Morgan fingerprint density at radius 3 is 2.59 bits per heavy atom. The lowest BCUT2D eigenvalue weighted by molar-refractivity contribution is -0.163. The molecule has 0 saturated carbocycles. The summed E-state index contributed by atoms with van der Waals surface area (Å²) in [5.41, 5.74) is 12.1. The molecule has 0 aliphatic carbocycles. The Morgan fingerprint density at radius 1 is 1.37 bits per heavy atom. The predicted octanol–water partition coefficient (Wildman–Crippen LogP) is 1.28. The van der Waals surface area contributed by atoms with E-state index in [2.05, 4.69) is 0 Å². The SMILES string of the molecule is CC(=O)OC(=O)C(CC=CN)C1CCCN(c2ccc(C(=N)N)cc2)C1=O. The normalized spacial score (nSPS) is 18.3. The highest BCUT2D eigenvalue weighted by Gasteiger charge is 2.39. The van der Waals surface area contributed by atoms with E-state index >= 15 is 0 Å². The molecular formula is C19H24N4O4. The van der Waals surface area contributed by atoms with Crippen molar-refractivity contribution in [1.82, 2.24) is 0 Å². The fraction of sp³-hybridized carbons (Fsp3) is 0.368. The summed E-state index contributed by atoms with van der Waals surface area (Å²) in [7, 11) is 0. The molecule has 2 rings (SSSR count). The third kappa shape index (κ3) is 4.93. The van der Waals surface area contributed by atoms with Crippen LogP contribution in [-0.4, -0.2) is 30.2 Å². The summed E-state index contributed by atoms with van der Waals surface area (Å²) in [6.45, 7) is 1.68. The molecule has 1 aliphatic rings. The van der Waals surface area contributed by atoms with E-state index in [-0.39, 0.29) is 18.2 Å². The number of amidine groups is 1. The zero-order valence-electron chi connectivity index (χ0n) is 15.2. The van der Waals surface area contributed by atoms with E-state index in [1.807, 2.05) is 0 Å². The van der Waals surface area contributed by atoms with Crippen molar-refractivity contribution in [2.75, 3.05) is 11.4 Å². The maximum Gasteiger partial charge on any atom is 0.317 e. The zero-order valence-corrected chi connectivity index (χ0v) is 15.2. The molecule has 2 unspecified atom stereocenters. The largest absolute Gasteiger partial charge is 0.405 e. The van der Waals surface area contributed by atoms with Gasteiger partial charge < -0.3 is 21.1 Å². The van der Waals surface area contributed by atoms with Gasteiger partial charge in [0, 0.05) is 24.7 Å². The van der Waals surface area contributed by atoms with Gasteiger partial charge in [0.05, 0.1) is 11.8 Å². The van der Waals surface area contributed by atoms with Crippen LogP contribution in [0.1, 0.15) is 31.7 Å². The van der Waals surface area contributed by atoms with Crippen molar-refractivity contribution in [2.24, 2.45) is 23.3 Å². The number of amides is 1. The molecule has 1 aromatic carbocycles. The van der Waals surface area contributed by atoms with Crippen LogP contribution in [0.3, 0.4) is 0 Å². The second-order valence-electron chi connectivity index (χ2n) is 6.38. The van der Waals surface area contributed by atoms with Crippen LogP contribution in [0, 0.1) is 17.2 Å². The van der Waals surface area contributed by atoms with Crippen molar-refractivity contribution in [3.05, 3.63) is 42.1 Å². The number of nitrogens with one attached hydrogen (secondary N) is 1. The van der Waals surface area contributed by atoms with E-state index in [0.29, 0.717) is 30.6 Å². The molecule has 0 spiro atoms. The van der Waals surface area contributed by atoms with Crippen molar-refractivity contribution in [2.45, 2.75) is 26.2 Å². The van der Waals surface area contributed by atoms with Crippen molar-refractivity contribution in [3.63, 3.8) is 0 Å². The first kappa shape index (κ1) is 20.2. The molecule has 0 radical (unpaired) electrons. The summed E-state index contributed by atoms with van der Waals surface area (Å²) >= 11 is 0. The Kier molecular flexibility index (Phi) is 6.70. The monoisotopic (exact) mass is 372 g/mol. The summed E-state index contributed by atoms with van der Waals surface area (Å²) in [4.78, 5) is 38.2. The van der Waals surface area contributed by atoms with E-state index in [1.54, 1.807) is 35.2 Å². The Hall–Kier alpha value is -3.16. The maximum absolute atomic E-state index is 13.1. The van der Waals surface area contributed by atoms with Gasteiger partial charge >= 0.3 is 11.9 Å². The molecule has 2 atom stereocenters. The summed E-state index contributed by atoms with van der Waals surface area (Å²) in [6.07, 6.45) is 4.34. The molecule has 1 fully saturated rings. The van der Waals surface area contributed by atoms with Gasteiger partial charge in [-0.2, -0.15) is 0 Å². The van der Waals surface area contributed by atoms with Gasteiger partial charge in [-0.05, 0) is 49.7 Å². The molecule has 27 heavy (non-hydrogen) atoms. The highest BCUT2D eigenvalue weighted by atomic mass is 16.6. The molecule has 5 N–H and O–H groups in total. The summed E-state index contributed by atoms with van der Waals surface area (Å²) < 4.78 is 4.73. The Labute approximate surface area is 157 Å². The van der Waals surface area contributed by atoms with Gasteiger partial charge in [0.2, 0.25) is 5.91 Å². The molecule has 1 aliphatic heterocycles. The van der Waals surface area contributed by atoms with E-state index < -0.39 is 23.8 Å². The number of nitrogen functional groups attached to an aromatic ring is 1. The number of nitrogens with two attached hydrogens (primary N) is 2. The van der Waals surface area contributed by atoms with Crippen LogP contribution in [0.4, 0.5) is 5.69 Å². The molecule has 1 saturated heterocycles. The second kappa shape index (κ2) is 8.98. The van der Waals surface area contributed by atoms with Crippen LogP contribution in [0.2, 0.25) is 0 Å². The van der Waals surface area contributed by atoms with Crippen molar-refractivity contribution in [3.8, 4) is 0 Å². The maximum atomic E-state index is 13.1. The molecule has 1 amide bonds. The van der Waals surface area contributed by atoms with Gasteiger partial charge in [-0.1, -0.05) is 6.08 Å². The first-order chi connectivity index (χ1) is 12.8. The Bertz CT molecular complexity index is 757. The van der Waals surface area contributed by atoms with Gasteiger partial charge in [-0.25, -0.2) is 0 Å². The van der Waals surface area contributed by atoms with E-state index in [0.717, 1.165) is 6.92 Å². The van der Waals surface area contributed by atoms with E-state index in [4.69, 9.17) is 21.6 Å². The van der Waals surface area contributed by atoms with E-state index in [9.17, 15) is 14.4 Å². The number of carbonyl (C=O) groups is 3. The standard InChI is InChI=1S/C19H24N4O4/c1-12(24)27-19(26)16(4-2-10-20)15-5-3-11-23(18(15)25)14-8-6-13(7-9-14)17(21)22/h2,6-10,15-16H,3-5,11,20H2,1H3,(H3,21,22). The minimum absolute atomic E-state index is 0.0509. The van der Waals surface area contributed by atoms with Gasteiger partial charge in [0.1, 0.15) is 5.84 Å². The van der Waals surface area contributed by atoms with Crippen LogP contribution in [-0.2, 0) is 19.1 Å². The van der Waals surface area contributed by atoms with E-state index in [1.165, 1.54) is 6.20 Å². The second-order valence-corrected chi connectivity index (χ2v) is 6.38. The average Bonchev–Trinajstić information content (AvgIpc) is 2.62. The van der Waals surface area contributed by atoms with Crippen LogP contribution < -0.4 is 16.4 Å². The molecule has 8 heteroatoms. The lowest BCUT2D eigenvalue weighted by Gasteiger charge is -2.35. The quantitative estimate of drug-likeness (QED) is 0.297. The molecule has 0 bridgehead atoms. The number of nitrogens with zero attached hydrogens (tertiary/aromatic N) is 1. The molecule has 144 valence electrons. The number of rotatable bonds is 6. The first-order valence-corrected chi connectivity index (χ1v) is 8.70. The average molecular weight is 372 g/mol. The van der Waals surface area contributed by atoms with Crippen molar-refractivity contribution < 1.29 is 19.1 Å². The predicted molar refractivity (Wildman–Crippen MR) is 101 cm³/mol. The Morgan fingerprint density at radius 2 is 2.04 bits per heavy atom. The summed E-state index contributed by atoms with van der Waals surface area (Å²) in [6, 6.07) is 6.79. The number of esters is 2. The molecule has 1 aromatic rings. The zero-order chi connectivity index (χ0) is 20.0. The number of piperidine rings is 1. The highest BCUT2D eigenvalue weighted by molar-refractivity contribution is 6.00. The summed E-state index contributed by atoms with van der Waals surface area (Å²) in [5.74, 6) is -3.05. The third-order valence-electron chi connectivity index (χ3n) is 4.53. The number of carbonyl (C=O) groups excluding carboxylic acids is 3. The highest BCUT2D eigenvalue weighted by Crippen LogP contribution is 2.32. The first-order valence-electron chi connectivity index (χ1n) is 8.70. The minimum atomic E-state index is -0.777. The number of hydrogen-bond acceptors (Lipinski definition) is 6. The lowest BCUT2D eigenvalue weighted by atomic mass is 9.82. The summed E-state index contributed by atoms with van der Waals surface area (Å²) in [5, 5.41) is 7.45. The number of hydrogen-bond donors (Lipinski definition) is 3. The topological polar surface area (TPSA) is 140 Å². The molecule has 0 aromatic heterocycles. The van der Waals surface area contributed by atoms with Crippen LogP contribution in [0.15, 0.2) is 36.5 Å². The van der Waals surface area contributed by atoms with Gasteiger partial charge in [0.25, 0.3) is 0 Å². The third-order valence-corrected chi connectivity index (χ3v) is 4.53. The van der Waals surface area contributed by atoms with Crippen LogP contribution in [0.25, 0.3) is 0 Å². The molecular weight excluding hydrogens is 348 g/mol. The molecule has 8 nitrogen and oxygen atoms in total. The number of allylic oxidation sites excluding steroid dienone is 1. The van der Waals surface area contributed by atoms with Gasteiger partial charge in [0.15, 0.2) is 0 Å². The van der Waals surface area contributed by atoms with Crippen LogP contribution in [0.5, 0.6) is 0 Å².